The molecule has 0 saturated carbocycles. The van der Waals surface area contributed by atoms with Gasteiger partial charge in [0.15, 0.2) is 18.4 Å². The molecule has 0 unspecified atom stereocenters. The number of esters is 3. The van der Waals surface area contributed by atoms with Crippen LogP contribution in [0.4, 0.5) is 8.78 Å². The molecule has 13 heteroatoms. The summed E-state index contributed by atoms with van der Waals surface area (Å²) in [5.74, 6) is -3.10. The minimum absolute atomic E-state index is 0.0123. The first-order chi connectivity index (χ1) is 21.2. The second kappa shape index (κ2) is 12.8. The van der Waals surface area contributed by atoms with Gasteiger partial charge in [0.2, 0.25) is 5.60 Å². The number of H-pyrrole nitrogens is 1. The Balaban J connectivity index is 1.61. The molecule has 0 bridgehead atoms. The van der Waals surface area contributed by atoms with E-state index in [0.717, 1.165) is 12.3 Å². The maximum absolute atomic E-state index is 15.2. The van der Waals surface area contributed by atoms with Gasteiger partial charge in [-0.3, -0.25) is 14.3 Å². The normalized spacial score (nSPS) is 21.0. The number of halogens is 2. The van der Waals surface area contributed by atoms with Crippen LogP contribution < -0.4 is 11.2 Å². The van der Waals surface area contributed by atoms with E-state index in [1.807, 2.05) is 4.98 Å². The van der Waals surface area contributed by atoms with Crippen molar-refractivity contribution in [2.45, 2.75) is 30.5 Å². The van der Waals surface area contributed by atoms with E-state index in [-0.39, 0.29) is 16.7 Å². The molecule has 4 aromatic rings. The lowest BCUT2D eigenvalue weighted by Gasteiger charge is -2.33. The van der Waals surface area contributed by atoms with Crippen LogP contribution in [0.25, 0.3) is 0 Å². The second-order valence-corrected chi connectivity index (χ2v) is 9.65. The number of alkyl halides is 2. The molecular formula is C31H24F2N2O9. The summed E-state index contributed by atoms with van der Waals surface area (Å²) in [6.45, 7) is -1.18. The van der Waals surface area contributed by atoms with Crippen LogP contribution in [0.3, 0.4) is 0 Å². The van der Waals surface area contributed by atoms with E-state index in [1.54, 1.807) is 18.2 Å². The molecule has 44 heavy (non-hydrogen) atoms. The van der Waals surface area contributed by atoms with E-state index in [0.29, 0.717) is 4.57 Å². The highest BCUT2D eigenvalue weighted by molar-refractivity contribution is 5.91. The van der Waals surface area contributed by atoms with Crippen molar-refractivity contribution < 1.29 is 42.1 Å². The Labute approximate surface area is 247 Å². The molecule has 226 valence electrons. The Bertz CT molecular complexity index is 1750. The van der Waals surface area contributed by atoms with Gasteiger partial charge < -0.3 is 18.9 Å². The van der Waals surface area contributed by atoms with Crippen LogP contribution in [0, 0.1) is 0 Å². The Kier molecular flexibility index (Phi) is 8.76. The maximum Gasteiger partial charge on any atom is 0.338 e. The van der Waals surface area contributed by atoms with Gasteiger partial charge in [0, 0.05) is 12.3 Å². The lowest BCUT2D eigenvalue weighted by Crippen LogP contribution is -2.55. The third-order valence-electron chi connectivity index (χ3n) is 6.83. The smallest absolute Gasteiger partial charge is 0.338 e. The van der Waals surface area contributed by atoms with Crippen molar-refractivity contribution in [3.05, 3.63) is 141 Å². The minimum atomic E-state index is -3.53. The lowest BCUT2D eigenvalue weighted by molar-refractivity contribution is -0.196. The fraction of sp³-hybridized carbons (Fsp3) is 0.194. The molecule has 0 spiro atoms. The van der Waals surface area contributed by atoms with Crippen molar-refractivity contribution in [1.82, 2.24) is 9.55 Å². The van der Waals surface area contributed by atoms with E-state index in [4.69, 9.17) is 18.9 Å². The highest BCUT2D eigenvalue weighted by Crippen LogP contribution is 2.45. The summed E-state index contributed by atoms with van der Waals surface area (Å²) in [7, 11) is 0. The SMILES string of the molecule is O=C(OC[C@@]1(C(F)F)O[C@@H](n2ccc(=O)[nH]c2=O)[C@H](OC(=O)c2ccccc2)[C@@H]1OC(=O)c1ccccc1)c1ccccc1. The largest absolute Gasteiger partial charge is 0.459 e. The molecule has 4 atom stereocenters. The fourth-order valence-corrected chi connectivity index (χ4v) is 4.63. The molecule has 3 aromatic carbocycles. The second-order valence-electron chi connectivity index (χ2n) is 9.65. The molecular weight excluding hydrogens is 582 g/mol. The van der Waals surface area contributed by atoms with Crippen molar-refractivity contribution in [3.63, 3.8) is 0 Å². The Morgan fingerprint density at radius 2 is 1.27 bits per heavy atom. The van der Waals surface area contributed by atoms with Crippen LogP contribution in [0.1, 0.15) is 37.3 Å². The molecule has 1 aliphatic heterocycles. The average Bonchev–Trinajstić information content (AvgIpc) is 3.34. The Hall–Kier alpha value is -5.43. The number of nitrogens with one attached hydrogen (secondary N) is 1. The van der Waals surface area contributed by atoms with Gasteiger partial charge in [-0.25, -0.2) is 28.0 Å². The maximum atomic E-state index is 15.2. The molecule has 5 rings (SSSR count). The third-order valence-corrected chi connectivity index (χ3v) is 6.83. The van der Waals surface area contributed by atoms with Gasteiger partial charge >= 0.3 is 23.6 Å². The number of hydrogen-bond donors (Lipinski definition) is 1. The third kappa shape index (κ3) is 6.17. The first kappa shape index (κ1) is 30.0. The zero-order chi connectivity index (χ0) is 31.3. The summed E-state index contributed by atoms with van der Waals surface area (Å²) in [6, 6.07) is 23.3. The van der Waals surface area contributed by atoms with E-state index in [1.165, 1.54) is 72.8 Å². The van der Waals surface area contributed by atoms with E-state index in [2.05, 4.69) is 0 Å². The van der Waals surface area contributed by atoms with Crippen LogP contribution in [0.5, 0.6) is 0 Å². The van der Waals surface area contributed by atoms with Crippen molar-refractivity contribution >= 4 is 17.9 Å². The predicted molar refractivity (Wildman–Crippen MR) is 148 cm³/mol. The summed E-state index contributed by atoms with van der Waals surface area (Å²) in [5.41, 5.74) is -4.83. The van der Waals surface area contributed by atoms with Crippen molar-refractivity contribution in [2.75, 3.05) is 6.61 Å². The van der Waals surface area contributed by atoms with Crippen LogP contribution in [-0.2, 0) is 18.9 Å². The zero-order valence-electron chi connectivity index (χ0n) is 22.7. The predicted octanol–water partition coefficient (Wildman–Crippen LogP) is 3.38. The topological polar surface area (TPSA) is 143 Å². The monoisotopic (exact) mass is 606 g/mol. The number of benzene rings is 3. The van der Waals surface area contributed by atoms with E-state index in [9.17, 15) is 24.0 Å². The summed E-state index contributed by atoms with van der Waals surface area (Å²) in [4.78, 5) is 65.8. The first-order valence-corrected chi connectivity index (χ1v) is 13.2. The molecule has 2 heterocycles. The Morgan fingerprint density at radius 3 is 1.77 bits per heavy atom. The number of aromatic nitrogens is 2. The standard InChI is InChI=1S/C31H24F2N2O9/c32-29(33)31(18-41-26(37)19-10-4-1-5-11-19)24(43-28(39)21-14-8-3-9-15-21)23(42-27(38)20-12-6-2-7-13-20)25(44-31)35-17-16-22(36)34-30(35)40/h1-17,23-25,29H,18H2,(H,34,36,40)/t23-,24+,25-,31-/m1/s1. The van der Waals surface area contributed by atoms with Crippen LogP contribution in [-0.4, -0.2) is 58.3 Å². The Morgan fingerprint density at radius 1 is 0.773 bits per heavy atom. The van der Waals surface area contributed by atoms with Gasteiger partial charge in [0.05, 0.1) is 16.7 Å². The highest BCUT2D eigenvalue weighted by atomic mass is 19.3. The van der Waals surface area contributed by atoms with Gasteiger partial charge in [-0.15, -0.1) is 0 Å². The highest BCUT2D eigenvalue weighted by Gasteiger charge is 2.66. The number of hydrogen-bond acceptors (Lipinski definition) is 9. The molecule has 1 N–H and O–H groups in total. The minimum Gasteiger partial charge on any atom is -0.459 e. The van der Waals surface area contributed by atoms with Crippen LogP contribution in [0.15, 0.2) is 113 Å². The van der Waals surface area contributed by atoms with Gasteiger partial charge in [0.1, 0.15) is 6.61 Å². The molecule has 1 aliphatic rings. The van der Waals surface area contributed by atoms with Crippen molar-refractivity contribution in [1.29, 1.82) is 0 Å². The van der Waals surface area contributed by atoms with Crippen LogP contribution in [0.2, 0.25) is 0 Å². The lowest BCUT2D eigenvalue weighted by atomic mass is 9.95. The molecule has 0 aliphatic carbocycles. The van der Waals surface area contributed by atoms with Crippen molar-refractivity contribution in [2.24, 2.45) is 0 Å². The van der Waals surface area contributed by atoms with E-state index >= 15 is 8.78 Å². The van der Waals surface area contributed by atoms with Gasteiger partial charge in [0.25, 0.3) is 12.0 Å². The quantitative estimate of drug-likeness (QED) is 0.224. The van der Waals surface area contributed by atoms with Gasteiger partial charge in [-0.1, -0.05) is 54.6 Å². The summed E-state index contributed by atoms with van der Waals surface area (Å²) >= 11 is 0. The van der Waals surface area contributed by atoms with Gasteiger partial charge in [-0.2, -0.15) is 0 Å². The molecule has 11 nitrogen and oxygen atoms in total. The first-order valence-electron chi connectivity index (χ1n) is 13.2. The average molecular weight is 607 g/mol. The van der Waals surface area contributed by atoms with Crippen LogP contribution >= 0.6 is 0 Å². The molecule has 1 aromatic heterocycles. The summed E-state index contributed by atoms with van der Waals surface area (Å²) < 4.78 is 53.4. The van der Waals surface area contributed by atoms with Gasteiger partial charge in [-0.05, 0) is 36.4 Å². The summed E-state index contributed by atoms with van der Waals surface area (Å²) in [5, 5.41) is 0. The number of carbonyl (C=O) groups is 3. The van der Waals surface area contributed by atoms with Crippen molar-refractivity contribution in [3.8, 4) is 0 Å². The molecule has 0 radical (unpaired) electrons. The number of rotatable bonds is 9. The number of nitrogens with zero attached hydrogens (tertiary/aromatic N) is 1. The zero-order valence-corrected chi connectivity index (χ0v) is 22.7. The molecule has 0 amide bonds. The number of carbonyl (C=O) groups excluding carboxylic acids is 3. The van der Waals surface area contributed by atoms with E-state index < -0.39 is 66.2 Å². The summed E-state index contributed by atoms with van der Waals surface area (Å²) in [6.07, 6.45) is -8.48. The number of ether oxygens (including phenoxy) is 4. The fourth-order valence-electron chi connectivity index (χ4n) is 4.63. The molecule has 1 saturated heterocycles. The molecule has 1 fully saturated rings. The number of aromatic amines is 1.